The van der Waals surface area contributed by atoms with Crippen LogP contribution >= 0.6 is 11.6 Å². The van der Waals surface area contributed by atoms with Gasteiger partial charge in [0.05, 0.1) is 5.02 Å². The Morgan fingerprint density at radius 1 is 1.43 bits per heavy atom. The molecule has 1 heterocycles. The summed E-state index contributed by atoms with van der Waals surface area (Å²) in [6.07, 6.45) is 0. The zero-order chi connectivity index (χ0) is 15.8. The summed E-state index contributed by atoms with van der Waals surface area (Å²) in [6.45, 7) is 5.99. The minimum Gasteiger partial charge on any atom is -0.485 e. The molecule has 0 amide bonds. The van der Waals surface area contributed by atoms with E-state index in [0.717, 1.165) is 5.56 Å². The van der Waals surface area contributed by atoms with E-state index >= 15 is 0 Å². The van der Waals surface area contributed by atoms with Gasteiger partial charge in [-0.05, 0) is 11.5 Å². The van der Waals surface area contributed by atoms with Crippen LogP contribution in [-0.4, -0.2) is 14.8 Å². The molecule has 0 fully saturated rings. The van der Waals surface area contributed by atoms with E-state index < -0.39 is 5.82 Å². The van der Waals surface area contributed by atoms with Crippen molar-refractivity contribution in [2.75, 3.05) is 0 Å². The highest BCUT2D eigenvalue weighted by atomic mass is 35.5. The molecule has 21 heavy (non-hydrogen) atoms. The second kappa shape index (κ2) is 5.52. The Bertz CT molecular complexity index is 716. The van der Waals surface area contributed by atoms with Crippen molar-refractivity contribution in [3.05, 3.63) is 44.8 Å². The molecule has 0 saturated carbocycles. The molecule has 2 rings (SSSR count). The molecule has 0 spiro atoms. The standard InChI is InChI=1S/C14H17ClFN3O2/c1-14(2,3)8-5-9(15)10(16)6-11(8)21-7-12-17-18-13(20)19(12)4/h5-6H,7H2,1-4H3,(H,18,20). The largest absolute Gasteiger partial charge is 0.485 e. The lowest BCUT2D eigenvalue weighted by Crippen LogP contribution is -2.17. The fraction of sp³-hybridized carbons (Fsp3) is 0.429. The van der Waals surface area contributed by atoms with Crippen LogP contribution in [0.3, 0.4) is 0 Å². The first kappa shape index (κ1) is 15.6. The van der Waals surface area contributed by atoms with Crippen molar-refractivity contribution in [3.63, 3.8) is 0 Å². The molecule has 114 valence electrons. The molecule has 1 aromatic heterocycles. The molecule has 0 saturated heterocycles. The molecule has 0 atom stereocenters. The van der Waals surface area contributed by atoms with Gasteiger partial charge >= 0.3 is 5.69 Å². The SMILES string of the molecule is Cn1c(COc2cc(F)c(Cl)cc2C(C)(C)C)n[nH]c1=O. The van der Waals surface area contributed by atoms with Gasteiger partial charge in [-0.25, -0.2) is 14.3 Å². The summed E-state index contributed by atoms with van der Waals surface area (Å²) in [5, 5.41) is 6.22. The maximum absolute atomic E-state index is 13.7. The van der Waals surface area contributed by atoms with Gasteiger partial charge in [0.2, 0.25) is 0 Å². The number of nitrogens with one attached hydrogen (secondary N) is 1. The Kier molecular flexibility index (Phi) is 4.09. The highest BCUT2D eigenvalue weighted by molar-refractivity contribution is 6.30. The maximum atomic E-state index is 13.7. The van der Waals surface area contributed by atoms with Crippen LogP contribution in [0, 0.1) is 5.82 Å². The lowest BCUT2D eigenvalue weighted by Gasteiger charge is -2.23. The van der Waals surface area contributed by atoms with E-state index in [9.17, 15) is 9.18 Å². The average molecular weight is 314 g/mol. The van der Waals surface area contributed by atoms with Crippen molar-refractivity contribution in [1.82, 2.24) is 14.8 Å². The highest BCUT2D eigenvalue weighted by Crippen LogP contribution is 2.35. The van der Waals surface area contributed by atoms with E-state index in [0.29, 0.717) is 11.6 Å². The predicted molar refractivity (Wildman–Crippen MR) is 78.3 cm³/mol. The molecule has 0 aliphatic heterocycles. The van der Waals surface area contributed by atoms with Crippen molar-refractivity contribution in [2.45, 2.75) is 32.8 Å². The van der Waals surface area contributed by atoms with Crippen LogP contribution in [0.15, 0.2) is 16.9 Å². The number of hydrogen-bond acceptors (Lipinski definition) is 3. The maximum Gasteiger partial charge on any atom is 0.343 e. The summed E-state index contributed by atoms with van der Waals surface area (Å²) in [5.41, 5.74) is 0.200. The molecule has 0 radical (unpaired) electrons. The topological polar surface area (TPSA) is 59.9 Å². The van der Waals surface area contributed by atoms with E-state index in [1.54, 1.807) is 13.1 Å². The van der Waals surface area contributed by atoms with Crippen molar-refractivity contribution in [1.29, 1.82) is 0 Å². The molecule has 2 aromatic rings. The van der Waals surface area contributed by atoms with E-state index in [1.807, 2.05) is 20.8 Å². The molecule has 0 aliphatic rings. The molecule has 1 N–H and O–H groups in total. The van der Waals surface area contributed by atoms with Gasteiger partial charge in [0.25, 0.3) is 0 Å². The third-order valence-corrected chi connectivity index (χ3v) is 3.45. The fourth-order valence-corrected chi connectivity index (χ4v) is 2.05. The third-order valence-electron chi connectivity index (χ3n) is 3.16. The highest BCUT2D eigenvalue weighted by Gasteiger charge is 2.22. The zero-order valence-corrected chi connectivity index (χ0v) is 13.1. The molecule has 0 unspecified atom stereocenters. The van der Waals surface area contributed by atoms with Crippen molar-refractivity contribution in [2.24, 2.45) is 7.05 Å². The third kappa shape index (κ3) is 3.26. The van der Waals surface area contributed by atoms with Crippen molar-refractivity contribution < 1.29 is 9.13 Å². The first-order chi connectivity index (χ1) is 9.70. The summed E-state index contributed by atoms with van der Waals surface area (Å²) >= 11 is 5.84. The van der Waals surface area contributed by atoms with E-state index in [2.05, 4.69) is 10.2 Å². The molecule has 0 bridgehead atoms. The van der Waals surface area contributed by atoms with Gasteiger partial charge < -0.3 is 4.74 Å². The van der Waals surface area contributed by atoms with Gasteiger partial charge in [-0.1, -0.05) is 32.4 Å². The van der Waals surface area contributed by atoms with E-state index in [4.69, 9.17) is 16.3 Å². The van der Waals surface area contributed by atoms with Crippen LogP contribution in [0.2, 0.25) is 5.02 Å². The van der Waals surface area contributed by atoms with Crippen LogP contribution in [0.1, 0.15) is 32.2 Å². The van der Waals surface area contributed by atoms with Crippen LogP contribution in [0.5, 0.6) is 5.75 Å². The molecular formula is C14H17ClFN3O2. The summed E-state index contributed by atoms with van der Waals surface area (Å²) in [7, 11) is 1.58. The van der Waals surface area contributed by atoms with Gasteiger partial charge in [0.15, 0.2) is 5.82 Å². The molecule has 1 aromatic carbocycles. The Hall–Kier alpha value is -1.82. The number of H-pyrrole nitrogens is 1. The Balaban J connectivity index is 2.33. The number of halogens is 2. The number of benzene rings is 1. The number of hydrogen-bond donors (Lipinski definition) is 1. The number of aromatic nitrogens is 3. The fourth-order valence-electron chi connectivity index (χ4n) is 1.89. The number of rotatable bonds is 3. The Morgan fingerprint density at radius 3 is 2.62 bits per heavy atom. The average Bonchev–Trinajstić information content (AvgIpc) is 2.70. The van der Waals surface area contributed by atoms with E-state index in [-0.39, 0.29) is 22.7 Å². The van der Waals surface area contributed by atoms with Crippen LogP contribution in [-0.2, 0) is 19.1 Å². The quantitative estimate of drug-likeness (QED) is 0.948. The summed E-state index contributed by atoms with van der Waals surface area (Å²) in [5.74, 6) is 0.269. The summed E-state index contributed by atoms with van der Waals surface area (Å²) in [4.78, 5) is 11.3. The lowest BCUT2D eigenvalue weighted by atomic mass is 9.86. The monoisotopic (exact) mass is 313 g/mol. The zero-order valence-electron chi connectivity index (χ0n) is 12.3. The summed E-state index contributed by atoms with van der Waals surface area (Å²) in [6, 6.07) is 2.82. The number of aromatic amines is 1. The van der Waals surface area contributed by atoms with Gasteiger partial charge in [-0.2, -0.15) is 5.10 Å². The lowest BCUT2D eigenvalue weighted by molar-refractivity contribution is 0.282. The van der Waals surface area contributed by atoms with Crippen molar-refractivity contribution in [3.8, 4) is 5.75 Å². The Morgan fingerprint density at radius 2 is 2.10 bits per heavy atom. The predicted octanol–water partition coefficient (Wildman–Crippen LogP) is 2.78. The smallest absolute Gasteiger partial charge is 0.343 e. The first-order valence-electron chi connectivity index (χ1n) is 6.42. The van der Waals surface area contributed by atoms with Crippen molar-refractivity contribution >= 4 is 11.6 Å². The molecule has 5 nitrogen and oxygen atoms in total. The minimum absolute atomic E-state index is 0.0550. The van der Waals surface area contributed by atoms with E-state index in [1.165, 1.54) is 10.6 Å². The molecule has 7 heteroatoms. The van der Waals surface area contributed by atoms with Crippen LogP contribution in [0.25, 0.3) is 0 Å². The first-order valence-corrected chi connectivity index (χ1v) is 6.80. The van der Waals surface area contributed by atoms with Crippen LogP contribution in [0.4, 0.5) is 4.39 Å². The molecule has 0 aliphatic carbocycles. The van der Waals surface area contributed by atoms with Crippen LogP contribution < -0.4 is 10.4 Å². The second-order valence-electron chi connectivity index (χ2n) is 5.81. The van der Waals surface area contributed by atoms with Gasteiger partial charge in [0, 0.05) is 18.7 Å². The second-order valence-corrected chi connectivity index (χ2v) is 6.21. The summed E-state index contributed by atoms with van der Waals surface area (Å²) < 4.78 is 20.6. The number of nitrogens with zero attached hydrogens (tertiary/aromatic N) is 2. The van der Waals surface area contributed by atoms with Gasteiger partial charge in [-0.3, -0.25) is 4.57 Å². The van der Waals surface area contributed by atoms with Gasteiger partial charge in [0.1, 0.15) is 18.2 Å². The Labute approximate surface area is 126 Å². The molecular weight excluding hydrogens is 297 g/mol. The minimum atomic E-state index is -0.546. The normalized spacial score (nSPS) is 11.7. The van der Waals surface area contributed by atoms with Gasteiger partial charge in [-0.15, -0.1) is 0 Å². The number of ether oxygens (including phenoxy) is 1.